The Morgan fingerprint density at radius 1 is 0.955 bits per heavy atom. The van der Waals surface area contributed by atoms with E-state index in [0.29, 0.717) is 24.5 Å². The van der Waals surface area contributed by atoms with Crippen molar-refractivity contribution >= 4 is 27.5 Å². The van der Waals surface area contributed by atoms with Crippen molar-refractivity contribution in [2.75, 3.05) is 24.6 Å². The van der Waals surface area contributed by atoms with Gasteiger partial charge in [-0.2, -0.15) is 0 Å². The zero-order valence-electron chi connectivity index (χ0n) is 26.0. The number of hydrogen-bond acceptors (Lipinski definition) is 6. The maximum absolute atomic E-state index is 14.4. The molecule has 0 aromatic heterocycles. The van der Waals surface area contributed by atoms with E-state index in [1.807, 2.05) is 32.9 Å². The summed E-state index contributed by atoms with van der Waals surface area (Å²) < 4.78 is 40.6. The highest BCUT2D eigenvalue weighted by Crippen LogP contribution is 2.33. The Hall–Kier alpha value is -4.05. The summed E-state index contributed by atoms with van der Waals surface area (Å²) in [6, 6.07) is 19.8. The Labute approximate surface area is 261 Å². The lowest BCUT2D eigenvalue weighted by atomic mass is 10.1. The smallest absolute Gasteiger partial charge is 0.264 e. The summed E-state index contributed by atoms with van der Waals surface area (Å²) in [7, 11) is -2.63. The van der Waals surface area contributed by atoms with Crippen LogP contribution in [0.3, 0.4) is 0 Å². The maximum Gasteiger partial charge on any atom is 0.264 e. The van der Waals surface area contributed by atoms with Crippen molar-refractivity contribution in [1.82, 2.24) is 10.2 Å². The topological polar surface area (TPSA) is 105 Å². The minimum Gasteiger partial charge on any atom is -0.497 e. The van der Waals surface area contributed by atoms with E-state index in [4.69, 9.17) is 9.47 Å². The van der Waals surface area contributed by atoms with E-state index >= 15 is 0 Å². The number of para-hydroxylation sites is 2. The van der Waals surface area contributed by atoms with Gasteiger partial charge in [-0.3, -0.25) is 13.9 Å². The first-order chi connectivity index (χ1) is 21.2. The fourth-order valence-electron chi connectivity index (χ4n) is 5.51. The summed E-state index contributed by atoms with van der Waals surface area (Å²) in [5.74, 6) is 0.270. The molecule has 0 radical (unpaired) electrons. The lowest BCUT2D eigenvalue weighted by Gasteiger charge is -2.34. The largest absolute Gasteiger partial charge is 0.497 e. The molecule has 1 N–H and O–H groups in total. The van der Waals surface area contributed by atoms with Gasteiger partial charge in [0.05, 0.1) is 24.3 Å². The number of sulfonamides is 1. The number of rotatable bonds is 14. The highest BCUT2D eigenvalue weighted by Gasteiger charge is 2.35. The van der Waals surface area contributed by atoms with Crippen LogP contribution in [0.5, 0.6) is 11.5 Å². The van der Waals surface area contributed by atoms with Crippen molar-refractivity contribution < 1.29 is 27.5 Å². The molecule has 1 aliphatic rings. The summed E-state index contributed by atoms with van der Waals surface area (Å²) in [6.45, 7) is 5.45. The molecule has 9 nitrogen and oxygen atoms in total. The van der Waals surface area contributed by atoms with Crippen molar-refractivity contribution in [3.63, 3.8) is 0 Å². The minimum absolute atomic E-state index is 0.0509. The molecule has 1 fully saturated rings. The molecule has 0 saturated heterocycles. The third-order valence-electron chi connectivity index (χ3n) is 7.92. The van der Waals surface area contributed by atoms with E-state index < -0.39 is 28.5 Å². The van der Waals surface area contributed by atoms with Gasteiger partial charge in [0, 0.05) is 12.6 Å². The maximum atomic E-state index is 14.4. The number of carbonyl (C=O) groups is 2. The molecule has 3 aromatic rings. The molecule has 44 heavy (non-hydrogen) atoms. The van der Waals surface area contributed by atoms with Crippen LogP contribution in [0.2, 0.25) is 0 Å². The van der Waals surface area contributed by atoms with Crippen LogP contribution in [-0.2, 0) is 26.2 Å². The first-order valence-electron chi connectivity index (χ1n) is 15.2. The van der Waals surface area contributed by atoms with Gasteiger partial charge in [0.2, 0.25) is 11.8 Å². The number of benzene rings is 3. The van der Waals surface area contributed by atoms with Gasteiger partial charge in [0.15, 0.2) is 0 Å². The SMILES string of the molecule is CCOc1ccccc1N(CC(=O)N(Cc1ccc(OC)cc1)[C@H](CC)C(=O)NC1CCCC1)S(=O)(=O)c1ccc(C)cc1. The number of nitrogens with one attached hydrogen (secondary N) is 1. The minimum atomic E-state index is -4.20. The molecule has 1 aliphatic carbocycles. The van der Waals surface area contributed by atoms with Gasteiger partial charge in [-0.05, 0) is 75.1 Å². The zero-order chi connectivity index (χ0) is 31.7. The quantitative estimate of drug-likeness (QED) is 0.256. The molecule has 0 heterocycles. The summed E-state index contributed by atoms with van der Waals surface area (Å²) in [6.07, 6.45) is 4.29. The number of methoxy groups -OCH3 is 1. The second kappa shape index (κ2) is 15.1. The van der Waals surface area contributed by atoms with Crippen LogP contribution in [-0.4, -0.2) is 57.5 Å². The van der Waals surface area contributed by atoms with Gasteiger partial charge in [-0.25, -0.2) is 8.42 Å². The van der Waals surface area contributed by atoms with Crippen LogP contribution in [0.4, 0.5) is 5.69 Å². The van der Waals surface area contributed by atoms with Gasteiger partial charge in [-0.1, -0.05) is 61.7 Å². The molecule has 1 atom stereocenters. The molecule has 1 saturated carbocycles. The molecule has 3 aromatic carbocycles. The average molecular weight is 622 g/mol. The van der Waals surface area contributed by atoms with Crippen molar-refractivity contribution in [2.45, 2.75) is 76.4 Å². The number of nitrogens with zero attached hydrogens (tertiary/aromatic N) is 2. The van der Waals surface area contributed by atoms with E-state index in [1.165, 1.54) is 17.0 Å². The summed E-state index contributed by atoms with van der Waals surface area (Å²) in [4.78, 5) is 29.6. The highest BCUT2D eigenvalue weighted by atomic mass is 32.2. The zero-order valence-corrected chi connectivity index (χ0v) is 26.8. The fourth-order valence-corrected chi connectivity index (χ4v) is 6.93. The number of ether oxygens (including phenoxy) is 2. The van der Waals surface area contributed by atoms with Crippen LogP contribution in [0.1, 0.15) is 57.1 Å². The Bertz CT molecular complexity index is 1500. The van der Waals surface area contributed by atoms with Gasteiger partial charge >= 0.3 is 0 Å². The Morgan fingerprint density at radius 2 is 1.61 bits per heavy atom. The summed E-state index contributed by atoms with van der Waals surface area (Å²) in [5.41, 5.74) is 1.94. The monoisotopic (exact) mass is 621 g/mol. The summed E-state index contributed by atoms with van der Waals surface area (Å²) >= 11 is 0. The fraction of sp³-hybridized carbons (Fsp3) is 0.412. The molecule has 0 unspecified atom stereocenters. The number of hydrogen-bond donors (Lipinski definition) is 1. The van der Waals surface area contributed by atoms with Crippen molar-refractivity contribution in [2.24, 2.45) is 0 Å². The average Bonchev–Trinajstić information content (AvgIpc) is 3.53. The van der Waals surface area contributed by atoms with E-state index in [9.17, 15) is 18.0 Å². The number of aryl methyl sites for hydroxylation is 1. The lowest BCUT2D eigenvalue weighted by Crippen LogP contribution is -2.53. The van der Waals surface area contributed by atoms with E-state index in [-0.39, 0.29) is 29.1 Å². The molecule has 10 heteroatoms. The van der Waals surface area contributed by atoms with Crippen LogP contribution in [0.25, 0.3) is 0 Å². The lowest BCUT2D eigenvalue weighted by molar-refractivity contribution is -0.140. The molecule has 2 amide bonds. The molecule has 0 spiro atoms. The molecule has 0 bridgehead atoms. The molecule has 4 rings (SSSR count). The second-order valence-corrected chi connectivity index (χ2v) is 12.9. The number of carbonyl (C=O) groups excluding carboxylic acids is 2. The normalized spacial score (nSPS) is 14.1. The third-order valence-corrected chi connectivity index (χ3v) is 9.70. The predicted octanol–water partition coefficient (Wildman–Crippen LogP) is 5.46. The summed E-state index contributed by atoms with van der Waals surface area (Å²) in [5, 5.41) is 3.14. The van der Waals surface area contributed by atoms with Gasteiger partial charge in [0.25, 0.3) is 10.0 Å². The van der Waals surface area contributed by atoms with Crippen LogP contribution in [0, 0.1) is 6.92 Å². The molecular weight excluding hydrogens is 578 g/mol. The standard InChI is InChI=1S/C34H43N3O6S/c1-5-30(34(39)35-27-11-7-8-12-27)36(23-26-17-19-28(42-4)20-18-26)33(38)24-37(31-13-9-10-14-32(31)43-6-2)44(40,41)29-21-15-25(3)16-22-29/h9-10,13-22,27,30H,5-8,11-12,23-24H2,1-4H3,(H,35,39)/t30-/m1/s1. The first-order valence-corrected chi connectivity index (χ1v) is 16.7. The first kappa shape index (κ1) is 32.9. The van der Waals surface area contributed by atoms with Crippen molar-refractivity contribution in [1.29, 1.82) is 0 Å². The van der Waals surface area contributed by atoms with Crippen LogP contribution in [0.15, 0.2) is 77.7 Å². The second-order valence-electron chi connectivity index (χ2n) is 11.0. The van der Waals surface area contributed by atoms with Gasteiger partial charge < -0.3 is 19.7 Å². The number of anilines is 1. The van der Waals surface area contributed by atoms with Crippen LogP contribution >= 0.6 is 0 Å². The Balaban J connectivity index is 1.75. The van der Waals surface area contributed by atoms with E-state index in [0.717, 1.165) is 41.1 Å². The van der Waals surface area contributed by atoms with Crippen molar-refractivity contribution in [3.05, 3.63) is 83.9 Å². The highest BCUT2D eigenvalue weighted by molar-refractivity contribution is 7.92. The predicted molar refractivity (Wildman–Crippen MR) is 171 cm³/mol. The third kappa shape index (κ3) is 7.91. The Kier molecular flexibility index (Phi) is 11.3. The van der Waals surface area contributed by atoms with E-state index in [2.05, 4.69) is 5.32 Å². The van der Waals surface area contributed by atoms with Gasteiger partial charge in [0.1, 0.15) is 24.1 Å². The number of amides is 2. The van der Waals surface area contributed by atoms with E-state index in [1.54, 1.807) is 55.6 Å². The van der Waals surface area contributed by atoms with Gasteiger partial charge in [-0.15, -0.1) is 0 Å². The van der Waals surface area contributed by atoms with Crippen molar-refractivity contribution in [3.8, 4) is 11.5 Å². The molecule has 0 aliphatic heterocycles. The molecular formula is C34H43N3O6S. The Morgan fingerprint density at radius 3 is 2.23 bits per heavy atom. The molecule has 236 valence electrons. The van der Waals surface area contributed by atoms with Crippen LogP contribution < -0.4 is 19.1 Å².